The van der Waals surface area contributed by atoms with Crippen LogP contribution in [0.4, 0.5) is 4.39 Å². The quantitative estimate of drug-likeness (QED) is 0.176. The number of benzene rings is 4. The molecule has 0 fully saturated rings. The van der Waals surface area contributed by atoms with Crippen molar-refractivity contribution >= 4 is 21.6 Å². The van der Waals surface area contributed by atoms with Crippen LogP contribution in [0.2, 0.25) is 0 Å². The zero-order valence-corrected chi connectivity index (χ0v) is 24.4. The van der Waals surface area contributed by atoms with E-state index in [9.17, 15) is 4.39 Å². The molecule has 42 heavy (non-hydrogen) atoms. The molecule has 0 N–H and O–H groups in total. The van der Waals surface area contributed by atoms with Gasteiger partial charge in [-0.2, -0.15) is 5.10 Å². The van der Waals surface area contributed by atoms with E-state index in [4.69, 9.17) is 5.10 Å². The molecule has 4 nitrogen and oxygen atoms in total. The van der Waals surface area contributed by atoms with Gasteiger partial charge >= 0.3 is 0 Å². The van der Waals surface area contributed by atoms with E-state index in [1.165, 1.54) is 12.1 Å². The van der Waals surface area contributed by atoms with Crippen LogP contribution in [-0.4, -0.2) is 19.2 Å². The second kappa shape index (κ2) is 10.5. The van der Waals surface area contributed by atoms with E-state index in [0.717, 1.165) is 54.9 Å². The van der Waals surface area contributed by atoms with Crippen molar-refractivity contribution in [3.05, 3.63) is 173 Å². The van der Waals surface area contributed by atoms with E-state index in [0.29, 0.717) is 0 Å². The third-order valence-electron chi connectivity index (χ3n) is 7.85. The molecule has 6 heteroatoms. The van der Waals surface area contributed by atoms with Gasteiger partial charge in [0.15, 0.2) is 0 Å². The van der Waals surface area contributed by atoms with Crippen molar-refractivity contribution in [2.45, 2.75) is 12.5 Å². The van der Waals surface area contributed by atoms with Crippen molar-refractivity contribution in [2.75, 3.05) is 0 Å². The molecular formula is C36H26BrFN4. The van der Waals surface area contributed by atoms with Gasteiger partial charge in [0.2, 0.25) is 0 Å². The first kappa shape index (κ1) is 26.1. The minimum atomic E-state index is -0.787. The van der Waals surface area contributed by atoms with Crippen molar-refractivity contribution in [3.8, 4) is 22.4 Å². The Kier molecular flexibility index (Phi) is 6.56. The molecule has 0 saturated heterocycles. The number of fused-ring (bicyclic) bond motifs is 1. The Morgan fingerprint density at radius 3 is 1.79 bits per heavy atom. The SMILES string of the molecule is Cc1cc2ncc(Br)n2cc1-c1cn(C(c2ccccc2)(c2ccccc2)c2ccccc2)nc1-c1ccc(F)cc1. The molecule has 0 bridgehead atoms. The smallest absolute Gasteiger partial charge is 0.138 e. The summed E-state index contributed by atoms with van der Waals surface area (Å²) in [6.07, 6.45) is 6.02. The van der Waals surface area contributed by atoms with Crippen LogP contribution in [0.15, 0.2) is 145 Å². The van der Waals surface area contributed by atoms with Gasteiger partial charge in [-0.1, -0.05) is 91.0 Å². The third kappa shape index (κ3) is 4.27. The largest absolute Gasteiger partial charge is 0.294 e. The second-order valence-electron chi connectivity index (χ2n) is 10.3. The highest BCUT2D eigenvalue weighted by Gasteiger charge is 2.40. The lowest BCUT2D eigenvalue weighted by Crippen LogP contribution is -2.38. The molecule has 0 aliphatic carbocycles. The average Bonchev–Trinajstić information content (AvgIpc) is 3.63. The van der Waals surface area contributed by atoms with Gasteiger partial charge in [-0.25, -0.2) is 9.37 Å². The summed E-state index contributed by atoms with van der Waals surface area (Å²) in [5.74, 6) is -0.285. The van der Waals surface area contributed by atoms with Crippen LogP contribution < -0.4 is 0 Å². The van der Waals surface area contributed by atoms with Crippen molar-refractivity contribution in [1.29, 1.82) is 0 Å². The van der Waals surface area contributed by atoms with Gasteiger partial charge in [-0.15, -0.1) is 0 Å². The van der Waals surface area contributed by atoms with Gasteiger partial charge in [0.25, 0.3) is 0 Å². The summed E-state index contributed by atoms with van der Waals surface area (Å²) < 4.78 is 19.1. The summed E-state index contributed by atoms with van der Waals surface area (Å²) >= 11 is 3.64. The fourth-order valence-electron chi connectivity index (χ4n) is 5.87. The summed E-state index contributed by atoms with van der Waals surface area (Å²) in [5.41, 5.74) is 7.90. The van der Waals surface area contributed by atoms with Crippen LogP contribution in [0.1, 0.15) is 22.3 Å². The number of imidazole rings is 1. The number of pyridine rings is 1. The number of aryl methyl sites for hydroxylation is 1. The lowest BCUT2D eigenvalue weighted by Gasteiger charge is -2.36. The summed E-state index contributed by atoms with van der Waals surface area (Å²) in [6, 6.07) is 40.0. The fraction of sp³-hybridized carbons (Fsp3) is 0.0556. The van der Waals surface area contributed by atoms with Crippen LogP contribution in [0.3, 0.4) is 0 Å². The topological polar surface area (TPSA) is 35.1 Å². The molecule has 204 valence electrons. The van der Waals surface area contributed by atoms with Crippen LogP contribution >= 0.6 is 15.9 Å². The lowest BCUT2D eigenvalue weighted by molar-refractivity contribution is 0.461. The number of halogens is 2. The Labute approximate surface area is 251 Å². The number of hydrogen-bond donors (Lipinski definition) is 0. The first-order valence-corrected chi connectivity index (χ1v) is 14.5. The molecule has 0 unspecified atom stereocenters. The van der Waals surface area contributed by atoms with Crippen LogP contribution in [0.25, 0.3) is 28.0 Å². The molecule has 0 spiro atoms. The van der Waals surface area contributed by atoms with Crippen LogP contribution in [0, 0.1) is 12.7 Å². The van der Waals surface area contributed by atoms with Crippen LogP contribution in [-0.2, 0) is 5.54 Å². The molecule has 3 aromatic heterocycles. The number of aromatic nitrogens is 4. The van der Waals surface area contributed by atoms with Gasteiger partial charge in [-0.3, -0.25) is 9.08 Å². The zero-order valence-electron chi connectivity index (χ0n) is 22.8. The second-order valence-corrected chi connectivity index (χ2v) is 11.1. The molecule has 7 aromatic rings. The van der Waals surface area contributed by atoms with E-state index >= 15 is 0 Å². The first-order valence-electron chi connectivity index (χ1n) is 13.7. The molecular weight excluding hydrogens is 587 g/mol. The number of nitrogens with zero attached hydrogens (tertiary/aromatic N) is 4. The fourth-order valence-corrected chi connectivity index (χ4v) is 6.26. The molecule has 0 aliphatic heterocycles. The van der Waals surface area contributed by atoms with E-state index in [2.05, 4.69) is 124 Å². The van der Waals surface area contributed by atoms with Gasteiger partial charge in [0.1, 0.15) is 27.3 Å². The van der Waals surface area contributed by atoms with Crippen molar-refractivity contribution < 1.29 is 4.39 Å². The van der Waals surface area contributed by atoms with E-state index < -0.39 is 5.54 Å². The summed E-state index contributed by atoms with van der Waals surface area (Å²) in [7, 11) is 0. The van der Waals surface area contributed by atoms with Crippen molar-refractivity contribution in [1.82, 2.24) is 19.2 Å². The molecule has 0 radical (unpaired) electrons. The minimum Gasteiger partial charge on any atom is -0.294 e. The Morgan fingerprint density at radius 2 is 1.24 bits per heavy atom. The van der Waals surface area contributed by atoms with Gasteiger partial charge < -0.3 is 0 Å². The van der Waals surface area contributed by atoms with E-state index in [1.807, 2.05) is 22.6 Å². The highest BCUT2D eigenvalue weighted by molar-refractivity contribution is 9.10. The maximum atomic E-state index is 14.1. The monoisotopic (exact) mass is 612 g/mol. The number of hydrogen-bond acceptors (Lipinski definition) is 2. The van der Waals surface area contributed by atoms with E-state index in [1.54, 1.807) is 18.3 Å². The van der Waals surface area contributed by atoms with E-state index in [-0.39, 0.29) is 5.82 Å². The van der Waals surface area contributed by atoms with Gasteiger partial charge in [0.05, 0.1) is 6.20 Å². The minimum absolute atomic E-state index is 0.285. The molecule has 7 rings (SSSR count). The maximum Gasteiger partial charge on any atom is 0.138 e. The Hall–Kier alpha value is -4.81. The first-order chi connectivity index (χ1) is 20.6. The Morgan fingerprint density at radius 1 is 0.690 bits per heavy atom. The normalized spacial score (nSPS) is 11.7. The van der Waals surface area contributed by atoms with Gasteiger partial charge in [0, 0.05) is 29.1 Å². The van der Waals surface area contributed by atoms with Crippen LogP contribution in [0.5, 0.6) is 0 Å². The predicted octanol–water partition coefficient (Wildman–Crippen LogP) is 8.92. The number of rotatable bonds is 6. The maximum absolute atomic E-state index is 14.1. The standard InChI is InChI=1S/C36H26BrFN4/c1-25-21-34-39-22-33(37)41(34)23-31(25)32-24-42(40-35(32)26-17-19-30(38)20-18-26)36(27-11-5-2-6-12-27,28-13-7-3-8-14-28)29-15-9-4-10-16-29/h2-24H,1H3. The molecule has 3 heterocycles. The highest BCUT2D eigenvalue weighted by atomic mass is 79.9. The summed E-state index contributed by atoms with van der Waals surface area (Å²) in [5, 5.41) is 5.38. The lowest BCUT2D eigenvalue weighted by atomic mass is 9.77. The Balaban J connectivity index is 1.60. The summed E-state index contributed by atoms with van der Waals surface area (Å²) in [4.78, 5) is 4.52. The van der Waals surface area contributed by atoms with Gasteiger partial charge in [-0.05, 0) is 75.4 Å². The van der Waals surface area contributed by atoms with Crippen molar-refractivity contribution in [3.63, 3.8) is 0 Å². The molecule has 0 aliphatic rings. The predicted molar refractivity (Wildman–Crippen MR) is 169 cm³/mol. The average molecular weight is 614 g/mol. The molecule has 0 amide bonds. The molecule has 0 atom stereocenters. The molecule has 4 aromatic carbocycles. The third-order valence-corrected chi connectivity index (χ3v) is 8.44. The highest BCUT2D eigenvalue weighted by Crippen LogP contribution is 2.43. The Bertz CT molecular complexity index is 1900. The zero-order chi connectivity index (χ0) is 28.7. The van der Waals surface area contributed by atoms with Crippen molar-refractivity contribution in [2.24, 2.45) is 0 Å². The molecule has 0 saturated carbocycles. The summed E-state index contributed by atoms with van der Waals surface area (Å²) in [6.45, 7) is 2.09.